The number of rotatable bonds is 4. The highest BCUT2D eigenvalue weighted by Gasteiger charge is 2.16. The van der Waals surface area contributed by atoms with Crippen LogP contribution in [0.4, 0.5) is 5.69 Å². The lowest BCUT2D eigenvalue weighted by Gasteiger charge is -2.18. The first-order chi connectivity index (χ1) is 9.88. The van der Waals surface area contributed by atoms with Crippen molar-refractivity contribution in [3.63, 3.8) is 0 Å². The molecule has 0 aromatic carbocycles. The van der Waals surface area contributed by atoms with Crippen LogP contribution in [0.2, 0.25) is 0 Å². The summed E-state index contributed by atoms with van der Waals surface area (Å²) in [6.45, 7) is 4.34. The van der Waals surface area contributed by atoms with Crippen molar-refractivity contribution >= 4 is 16.7 Å². The highest BCUT2D eigenvalue weighted by atomic mass is 16.5. The highest BCUT2D eigenvalue weighted by molar-refractivity contribution is 5.90. The van der Waals surface area contributed by atoms with Crippen molar-refractivity contribution in [3.8, 4) is 0 Å². The summed E-state index contributed by atoms with van der Waals surface area (Å²) in [6, 6.07) is 0.0289. The summed E-state index contributed by atoms with van der Waals surface area (Å²) in [7, 11) is 4.70. The van der Waals surface area contributed by atoms with Crippen LogP contribution >= 0.6 is 0 Å². The Kier molecular flexibility index (Phi) is 4.13. The zero-order valence-electron chi connectivity index (χ0n) is 12.9. The summed E-state index contributed by atoms with van der Waals surface area (Å²) in [6.07, 6.45) is 1.66. The molecule has 0 radical (unpaired) electrons. The zero-order chi connectivity index (χ0) is 15.7. The van der Waals surface area contributed by atoms with E-state index in [4.69, 9.17) is 4.74 Å². The Hall–Kier alpha value is -2.15. The average Bonchev–Trinajstić information content (AvgIpc) is 2.45. The lowest BCUT2D eigenvalue weighted by Crippen LogP contribution is -2.38. The fourth-order valence-electron chi connectivity index (χ4n) is 2.35. The molecule has 114 valence electrons. The minimum absolute atomic E-state index is 0.0289. The standard InChI is InChI=1S/C14H20N4O3/c1-8-6-15-12-10(11(8)16-9(2)7-21-5)13(19)18(4)14(20)17(12)3/h6,9H,7H2,1-5H3,(H,15,16)/t9-/m0/s1. The van der Waals surface area contributed by atoms with Crippen LogP contribution in [0.5, 0.6) is 0 Å². The Morgan fingerprint density at radius 2 is 2.00 bits per heavy atom. The van der Waals surface area contributed by atoms with Gasteiger partial charge in [0.2, 0.25) is 0 Å². The molecule has 0 spiro atoms. The Bertz CT molecular complexity index is 791. The topological polar surface area (TPSA) is 78.2 Å². The van der Waals surface area contributed by atoms with Crippen LogP contribution in [0.15, 0.2) is 15.8 Å². The van der Waals surface area contributed by atoms with Crippen molar-refractivity contribution in [1.82, 2.24) is 14.1 Å². The molecule has 2 aromatic rings. The molecular weight excluding hydrogens is 272 g/mol. The maximum Gasteiger partial charge on any atom is 0.332 e. The van der Waals surface area contributed by atoms with Gasteiger partial charge in [-0.1, -0.05) is 0 Å². The van der Waals surface area contributed by atoms with Gasteiger partial charge in [-0.15, -0.1) is 0 Å². The van der Waals surface area contributed by atoms with Crippen molar-refractivity contribution in [2.45, 2.75) is 19.9 Å². The first-order valence-electron chi connectivity index (χ1n) is 6.69. The number of anilines is 1. The van der Waals surface area contributed by atoms with E-state index in [0.29, 0.717) is 23.3 Å². The molecule has 1 N–H and O–H groups in total. The molecule has 0 amide bonds. The van der Waals surface area contributed by atoms with Crippen LogP contribution in [0.25, 0.3) is 11.0 Å². The summed E-state index contributed by atoms with van der Waals surface area (Å²) >= 11 is 0. The molecule has 2 aromatic heterocycles. The fourth-order valence-corrected chi connectivity index (χ4v) is 2.35. The molecule has 0 unspecified atom stereocenters. The summed E-state index contributed by atoms with van der Waals surface area (Å²) in [4.78, 5) is 28.7. The normalized spacial score (nSPS) is 12.6. The molecule has 1 atom stereocenters. The van der Waals surface area contributed by atoms with Crippen LogP contribution in [0.1, 0.15) is 12.5 Å². The van der Waals surface area contributed by atoms with Gasteiger partial charge in [0.15, 0.2) is 5.65 Å². The molecule has 0 bridgehead atoms. The third-order valence-electron chi connectivity index (χ3n) is 3.47. The molecule has 7 nitrogen and oxygen atoms in total. The molecule has 21 heavy (non-hydrogen) atoms. The van der Waals surface area contributed by atoms with Crippen LogP contribution < -0.4 is 16.6 Å². The van der Waals surface area contributed by atoms with E-state index in [0.717, 1.165) is 10.1 Å². The first kappa shape index (κ1) is 15.2. The number of ether oxygens (including phenoxy) is 1. The largest absolute Gasteiger partial charge is 0.383 e. The fraction of sp³-hybridized carbons (Fsp3) is 0.500. The molecule has 0 aliphatic carbocycles. The summed E-state index contributed by atoms with van der Waals surface area (Å²) in [5.74, 6) is 0. The molecule has 2 heterocycles. The van der Waals surface area contributed by atoms with Gasteiger partial charge in [-0.25, -0.2) is 9.78 Å². The number of hydrogen-bond donors (Lipinski definition) is 1. The van der Waals surface area contributed by atoms with Crippen LogP contribution in [-0.4, -0.2) is 33.9 Å². The highest BCUT2D eigenvalue weighted by Crippen LogP contribution is 2.22. The molecule has 0 aliphatic heterocycles. The predicted molar refractivity (Wildman–Crippen MR) is 81.9 cm³/mol. The third kappa shape index (κ3) is 2.56. The second-order valence-corrected chi connectivity index (χ2v) is 5.22. The molecule has 0 aliphatic rings. The molecule has 2 rings (SSSR count). The van der Waals surface area contributed by atoms with E-state index in [2.05, 4.69) is 10.3 Å². The SMILES string of the molecule is COC[C@H](C)Nc1c(C)cnc2c1c(=O)n(C)c(=O)n2C. The monoisotopic (exact) mass is 292 g/mol. The number of fused-ring (bicyclic) bond motifs is 1. The maximum absolute atomic E-state index is 12.5. The van der Waals surface area contributed by atoms with Crippen LogP contribution in [-0.2, 0) is 18.8 Å². The van der Waals surface area contributed by atoms with E-state index in [9.17, 15) is 9.59 Å². The quantitative estimate of drug-likeness (QED) is 0.882. The van der Waals surface area contributed by atoms with Crippen molar-refractivity contribution in [2.24, 2.45) is 14.1 Å². The van der Waals surface area contributed by atoms with E-state index in [1.54, 1.807) is 20.4 Å². The number of nitrogens with one attached hydrogen (secondary N) is 1. The van der Waals surface area contributed by atoms with E-state index >= 15 is 0 Å². The zero-order valence-corrected chi connectivity index (χ0v) is 12.9. The molecule has 0 fully saturated rings. The van der Waals surface area contributed by atoms with Gasteiger partial charge in [0.05, 0.1) is 12.3 Å². The van der Waals surface area contributed by atoms with Crippen molar-refractivity contribution in [2.75, 3.05) is 19.0 Å². The Morgan fingerprint density at radius 1 is 1.33 bits per heavy atom. The summed E-state index contributed by atoms with van der Waals surface area (Å²) in [5.41, 5.74) is 1.18. The van der Waals surface area contributed by atoms with Gasteiger partial charge in [-0.2, -0.15) is 0 Å². The minimum atomic E-state index is -0.389. The first-order valence-corrected chi connectivity index (χ1v) is 6.69. The number of aryl methyl sites for hydroxylation is 2. The summed E-state index contributed by atoms with van der Waals surface area (Å²) in [5, 5.41) is 3.69. The smallest absolute Gasteiger partial charge is 0.332 e. The van der Waals surface area contributed by atoms with Gasteiger partial charge in [0, 0.05) is 33.4 Å². The summed E-state index contributed by atoms with van der Waals surface area (Å²) < 4.78 is 7.58. The van der Waals surface area contributed by atoms with Crippen molar-refractivity contribution in [3.05, 3.63) is 32.6 Å². The van der Waals surface area contributed by atoms with Gasteiger partial charge >= 0.3 is 5.69 Å². The van der Waals surface area contributed by atoms with Gasteiger partial charge < -0.3 is 10.1 Å². The van der Waals surface area contributed by atoms with Crippen LogP contribution in [0, 0.1) is 6.92 Å². The number of hydrogen-bond acceptors (Lipinski definition) is 5. The second kappa shape index (κ2) is 5.69. The van der Waals surface area contributed by atoms with Crippen molar-refractivity contribution < 1.29 is 4.74 Å². The maximum atomic E-state index is 12.5. The third-order valence-corrected chi connectivity index (χ3v) is 3.47. The van der Waals surface area contributed by atoms with Crippen molar-refractivity contribution in [1.29, 1.82) is 0 Å². The van der Waals surface area contributed by atoms with E-state index in [-0.39, 0.29) is 17.3 Å². The number of aromatic nitrogens is 3. The molecule has 0 saturated heterocycles. The number of pyridine rings is 1. The molecular formula is C14H20N4O3. The Morgan fingerprint density at radius 3 is 2.62 bits per heavy atom. The van der Waals surface area contributed by atoms with Crippen LogP contribution in [0.3, 0.4) is 0 Å². The predicted octanol–water partition coefficient (Wildman–Crippen LogP) is 0.387. The van der Waals surface area contributed by atoms with E-state index < -0.39 is 0 Å². The lowest BCUT2D eigenvalue weighted by molar-refractivity contribution is 0.190. The minimum Gasteiger partial charge on any atom is -0.383 e. The van der Waals surface area contributed by atoms with Gasteiger partial charge in [-0.3, -0.25) is 13.9 Å². The second-order valence-electron chi connectivity index (χ2n) is 5.22. The Balaban J connectivity index is 2.78. The van der Waals surface area contributed by atoms with E-state index in [1.165, 1.54) is 11.6 Å². The molecule has 7 heteroatoms. The van der Waals surface area contributed by atoms with Gasteiger partial charge in [0.25, 0.3) is 5.56 Å². The molecule has 0 saturated carbocycles. The Labute approximate surface area is 122 Å². The number of nitrogens with zero attached hydrogens (tertiary/aromatic N) is 3. The van der Waals surface area contributed by atoms with Gasteiger partial charge in [0.1, 0.15) is 5.39 Å². The lowest BCUT2D eigenvalue weighted by atomic mass is 10.1. The average molecular weight is 292 g/mol. The number of methoxy groups -OCH3 is 1. The van der Waals surface area contributed by atoms with E-state index in [1.807, 2.05) is 13.8 Å². The van der Waals surface area contributed by atoms with Gasteiger partial charge in [-0.05, 0) is 19.4 Å².